The van der Waals surface area contributed by atoms with Crippen molar-refractivity contribution in [1.29, 1.82) is 0 Å². The van der Waals surface area contributed by atoms with Crippen molar-refractivity contribution in [3.8, 4) is 0 Å². The summed E-state index contributed by atoms with van der Waals surface area (Å²) in [5.74, 6) is -0.729. The lowest BCUT2D eigenvalue weighted by molar-refractivity contribution is 0.0948. The van der Waals surface area contributed by atoms with Gasteiger partial charge in [-0.05, 0) is 42.5 Å². The number of carbonyl (C=O) groups is 2. The molecule has 5 nitrogen and oxygen atoms in total. The van der Waals surface area contributed by atoms with Crippen molar-refractivity contribution in [3.05, 3.63) is 89.6 Å². The van der Waals surface area contributed by atoms with Crippen LogP contribution in [0.25, 0.3) is 0 Å². The van der Waals surface area contributed by atoms with Crippen molar-refractivity contribution in [2.75, 3.05) is 5.32 Å². The van der Waals surface area contributed by atoms with E-state index in [0.717, 1.165) is 0 Å². The van der Waals surface area contributed by atoms with Crippen LogP contribution in [0.1, 0.15) is 26.5 Å². The van der Waals surface area contributed by atoms with E-state index in [0.29, 0.717) is 11.3 Å². The van der Waals surface area contributed by atoms with Gasteiger partial charge in [0.25, 0.3) is 11.8 Å². The lowest BCUT2D eigenvalue weighted by Crippen LogP contribution is -2.23. The van der Waals surface area contributed by atoms with Gasteiger partial charge in [-0.2, -0.15) is 0 Å². The zero-order chi connectivity index (χ0) is 17.6. The smallest absolute Gasteiger partial charge is 0.255 e. The summed E-state index contributed by atoms with van der Waals surface area (Å²) in [5, 5.41) is 5.19. The summed E-state index contributed by atoms with van der Waals surface area (Å²) in [7, 11) is 0. The molecule has 0 atom stereocenters. The Kier molecular flexibility index (Phi) is 4.89. The maximum absolute atomic E-state index is 13.6. The van der Waals surface area contributed by atoms with E-state index in [1.165, 1.54) is 30.5 Å². The summed E-state index contributed by atoms with van der Waals surface area (Å²) in [6.07, 6.45) is 1.52. The van der Waals surface area contributed by atoms with E-state index in [9.17, 15) is 14.0 Å². The molecular formula is C19H15FN2O3. The highest BCUT2D eigenvalue weighted by Gasteiger charge is 2.12. The number of para-hydroxylation sites is 1. The van der Waals surface area contributed by atoms with Gasteiger partial charge < -0.3 is 15.1 Å². The van der Waals surface area contributed by atoms with Gasteiger partial charge in [-0.15, -0.1) is 0 Å². The lowest BCUT2D eigenvalue weighted by Gasteiger charge is -2.08. The molecule has 0 fully saturated rings. The number of rotatable bonds is 5. The molecule has 3 rings (SSSR count). The summed E-state index contributed by atoms with van der Waals surface area (Å²) < 4.78 is 18.8. The van der Waals surface area contributed by atoms with Crippen LogP contribution in [0.5, 0.6) is 0 Å². The van der Waals surface area contributed by atoms with Crippen molar-refractivity contribution < 1.29 is 18.4 Å². The first-order valence-electron chi connectivity index (χ1n) is 7.60. The van der Waals surface area contributed by atoms with E-state index < -0.39 is 11.7 Å². The van der Waals surface area contributed by atoms with E-state index in [1.807, 2.05) is 0 Å². The summed E-state index contributed by atoms with van der Waals surface area (Å²) >= 11 is 0. The fraction of sp³-hybridized carbons (Fsp3) is 0.0526. The standard InChI is InChI=1S/C19H15FN2O3/c20-16-8-1-2-9-17(16)22-19(24)14-6-3-5-13(11-14)18(23)21-12-15-7-4-10-25-15/h1-11H,12H2,(H,21,23)(H,22,24). The normalized spacial score (nSPS) is 10.3. The molecule has 126 valence electrons. The SMILES string of the molecule is O=C(NCc1ccco1)c1cccc(C(=O)Nc2ccccc2F)c1. The predicted octanol–water partition coefficient (Wildman–Crippen LogP) is 3.60. The van der Waals surface area contributed by atoms with Gasteiger partial charge in [-0.25, -0.2) is 4.39 Å². The second kappa shape index (κ2) is 7.44. The highest BCUT2D eigenvalue weighted by molar-refractivity contribution is 6.06. The van der Waals surface area contributed by atoms with E-state index >= 15 is 0 Å². The van der Waals surface area contributed by atoms with Gasteiger partial charge in [0.1, 0.15) is 11.6 Å². The molecule has 0 aliphatic carbocycles. The Balaban J connectivity index is 1.69. The highest BCUT2D eigenvalue weighted by Crippen LogP contribution is 2.15. The molecule has 0 saturated heterocycles. The average molecular weight is 338 g/mol. The van der Waals surface area contributed by atoms with E-state index in [-0.39, 0.29) is 23.7 Å². The first kappa shape index (κ1) is 16.4. The van der Waals surface area contributed by atoms with Gasteiger partial charge in [0.15, 0.2) is 0 Å². The number of halogens is 1. The van der Waals surface area contributed by atoms with Crippen molar-refractivity contribution in [2.45, 2.75) is 6.54 Å². The lowest BCUT2D eigenvalue weighted by atomic mass is 10.1. The summed E-state index contributed by atoms with van der Waals surface area (Å²) in [6, 6.07) is 15.6. The Morgan fingerprint density at radius 2 is 1.68 bits per heavy atom. The number of carbonyl (C=O) groups excluding carboxylic acids is 2. The molecule has 6 heteroatoms. The molecule has 0 saturated carbocycles. The number of nitrogens with one attached hydrogen (secondary N) is 2. The van der Waals surface area contributed by atoms with Crippen LogP contribution in [-0.4, -0.2) is 11.8 Å². The Morgan fingerprint density at radius 1 is 0.920 bits per heavy atom. The fourth-order valence-electron chi connectivity index (χ4n) is 2.24. The van der Waals surface area contributed by atoms with Gasteiger partial charge in [0, 0.05) is 11.1 Å². The zero-order valence-corrected chi connectivity index (χ0v) is 13.2. The minimum atomic E-state index is -0.525. The molecule has 0 unspecified atom stereocenters. The number of benzene rings is 2. The summed E-state index contributed by atoms with van der Waals surface area (Å²) in [6.45, 7) is 0.248. The molecule has 1 heterocycles. The molecule has 0 aliphatic heterocycles. The quantitative estimate of drug-likeness (QED) is 0.747. The van der Waals surface area contributed by atoms with Crippen LogP contribution in [0.2, 0.25) is 0 Å². The molecule has 2 N–H and O–H groups in total. The van der Waals surface area contributed by atoms with E-state index in [4.69, 9.17) is 4.42 Å². The maximum Gasteiger partial charge on any atom is 0.255 e. The van der Waals surface area contributed by atoms with Gasteiger partial charge >= 0.3 is 0 Å². The fourth-order valence-corrected chi connectivity index (χ4v) is 2.24. The minimum absolute atomic E-state index is 0.0835. The Hall–Kier alpha value is -3.41. The molecule has 0 radical (unpaired) electrons. The van der Waals surface area contributed by atoms with Crippen LogP contribution in [0.4, 0.5) is 10.1 Å². The van der Waals surface area contributed by atoms with Crippen LogP contribution < -0.4 is 10.6 Å². The zero-order valence-electron chi connectivity index (χ0n) is 13.2. The Bertz CT molecular complexity index is 891. The Morgan fingerprint density at radius 3 is 2.40 bits per heavy atom. The molecule has 1 aromatic heterocycles. The van der Waals surface area contributed by atoms with Crippen LogP contribution in [0.3, 0.4) is 0 Å². The Labute approximate surface area is 143 Å². The number of amides is 2. The van der Waals surface area contributed by atoms with Gasteiger partial charge in [0.05, 0.1) is 18.5 Å². The molecule has 2 amide bonds. The van der Waals surface area contributed by atoms with Crippen molar-refractivity contribution in [1.82, 2.24) is 5.32 Å². The van der Waals surface area contributed by atoms with Gasteiger partial charge in [-0.3, -0.25) is 9.59 Å². The second-order valence-corrected chi connectivity index (χ2v) is 5.28. The average Bonchev–Trinajstić information content (AvgIpc) is 3.15. The third-order valence-electron chi connectivity index (χ3n) is 3.51. The number of hydrogen-bond acceptors (Lipinski definition) is 3. The first-order chi connectivity index (χ1) is 12.1. The first-order valence-corrected chi connectivity index (χ1v) is 7.60. The second-order valence-electron chi connectivity index (χ2n) is 5.28. The van der Waals surface area contributed by atoms with Crippen molar-refractivity contribution >= 4 is 17.5 Å². The molecule has 25 heavy (non-hydrogen) atoms. The highest BCUT2D eigenvalue weighted by atomic mass is 19.1. The molecule has 0 bridgehead atoms. The van der Waals surface area contributed by atoms with Crippen molar-refractivity contribution in [3.63, 3.8) is 0 Å². The maximum atomic E-state index is 13.6. The topological polar surface area (TPSA) is 71.3 Å². The summed E-state index contributed by atoms with van der Waals surface area (Å²) in [5.41, 5.74) is 0.668. The van der Waals surface area contributed by atoms with Crippen LogP contribution in [0.15, 0.2) is 71.3 Å². The minimum Gasteiger partial charge on any atom is -0.467 e. The summed E-state index contributed by atoms with van der Waals surface area (Å²) in [4.78, 5) is 24.4. The van der Waals surface area contributed by atoms with Gasteiger partial charge in [-0.1, -0.05) is 18.2 Å². The predicted molar refractivity (Wildman–Crippen MR) is 90.7 cm³/mol. The molecule has 3 aromatic rings. The van der Waals surface area contributed by atoms with Gasteiger partial charge in [0.2, 0.25) is 0 Å². The number of furan rings is 1. The third-order valence-corrected chi connectivity index (χ3v) is 3.51. The third kappa shape index (κ3) is 4.11. The number of hydrogen-bond donors (Lipinski definition) is 2. The van der Waals surface area contributed by atoms with Crippen LogP contribution in [0, 0.1) is 5.82 Å². The van der Waals surface area contributed by atoms with Crippen molar-refractivity contribution in [2.24, 2.45) is 0 Å². The largest absolute Gasteiger partial charge is 0.467 e. The monoisotopic (exact) mass is 338 g/mol. The molecule has 2 aromatic carbocycles. The van der Waals surface area contributed by atoms with E-state index in [2.05, 4.69) is 10.6 Å². The van der Waals surface area contributed by atoms with E-state index in [1.54, 1.807) is 36.4 Å². The molecular weight excluding hydrogens is 323 g/mol. The molecule has 0 aliphatic rings. The van der Waals surface area contributed by atoms with Crippen LogP contribution >= 0.6 is 0 Å². The van der Waals surface area contributed by atoms with Crippen LogP contribution in [-0.2, 0) is 6.54 Å². The number of anilines is 1. The molecule has 0 spiro atoms.